The molecule has 0 unspecified atom stereocenters. The number of fused-ring (bicyclic) bond motifs is 3. The summed E-state index contributed by atoms with van der Waals surface area (Å²) in [7, 11) is 0.664. The minimum absolute atomic E-state index is 0.498. The Kier molecular flexibility index (Phi) is 3.09. The molecule has 1 radical (unpaired) electrons. The first-order chi connectivity index (χ1) is 10.9. The lowest BCUT2D eigenvalue weighted by atomic mass is 10.0. The first-order valence-corrected chi connectivity index (χ1v) is 7.00. The van der Waals surface area contributed by atoms with E-state index in [9.17, 15) is 0 Å². The van der Waals surface area contributed by atoms with Crippen LogP contribution in [0.25, 0.3) is 33.1 Å². The Morgan fingerprint density at radius 2 is 1.68 bits per heavy atom. The van der Waals surface area contributed by atoms with Gasteiger partial charge in [-0.3, -0.25) is 0 Å². The lowest BCUT2D eigenvalue weighted by Gasteiger charge is -2.01. The van der Waals surface area contributed by atoms with E-state index in [0.717, 1.165) is 27.5 Å². The number of para-hydroxylation sites is 1. The molecule has 0 amide bonds. The van der Waals surface area contributed by atoms with E-state index in [1.807, 2.05) is 42.5 Å². The Morgan fingerprint density at radius 1 is 0.818 bits per heavy atom. The summed E-state index contributed by atoms with van der Waals surface area (Å²) >= 11 is 0. The van der Waals surface area contributed by atoms with Crippen molar-refractivity contribution in [1.82, 2.24) is 0 Å². The first kappa shape index (κ1) is 13.0. The Morgan fingerprint density at radius 3 is 2.50 bits per heavy atom. The van der Waals surface area contributed by atoms with Crippen molar-refractivity contribution in [2.45, 2.75) is 0 Å². The monoisotopic (exact) mass is 287 g/mol. The normalized spacial score (nSPS) is 11.0. The highest BCUT2D eigenvalue weighted by Gasteiger charge is 2.12. The Balaban J connectivity index is 1.96. The molecule has 4 aromatic rings. The van der Waals surface area contributed by atoms with E-state index in [0.29, 0.717) is 19.0 Å². The third-order valence-electron chi connectivity index (χ3n) is 3.75. The topological polar surface area (TPSA) is 42.6 Å². The van der Waals surface area contributed by atoms with Crippen molar-refractivity contribution in [2.75, 3.05) is 0 Å². The minimum atomic E-state index is 0.498. The highest BCUT2D eigenvalue weighted by atomic mass is 16.5. The van der Waals surface area contributed by atoms with Crippen LogP contribution in [0.4, 0.5) is 0 Å². The molecular formula is C18H12BO3. The van der Waals surface area contributed by atoms with E-state index < -0.39 is 0 Å². The summed E-state index contributed by atoms with van der Waals surface area (Å²) in [6, 6.07) is 22.0. The molecule has 0 aliphatic carbocycles. The number of benzene rings is 3. The van der Waals surface area contributed by atoms with Crippen molar-refractivity contribution < 1.29 is 14.1 Å². The number of hydrogen-bond acceptors (Lipinski definition) is 3. The van der Waals surface area contributed by atoms with E-state index >= 15 is 0 Å². The van der Waals surface area contributed by atoms with Gasteiger partial charge in [0.15, 0.2) is 5.58 Å². The Labute approximate surface area is 128 Å². The second-order valence-electron chi connectivity index (χ2n) is 5.04. The molecular weight excluding hydrogens is 275 g/mol. The van der Waals surface area contributed by atoms with E-state index in [4.69, 9.17) is 14.1 Å². The van der Waals surface area contributed by atoms with Gasteiger partial charge in [0.2, 0.25) is 0 Å². The molecule has 4 rings (SSSR count). The van der Waals surface area contributed by atoms with Crippen LogP contribution in [0.15, 0.2) is 71.1 Å². The van der Waals surface area contributed by atoms with Crippen molar-refractivity contribution in [2.24, 2.45) is 0 Å². The molecule has 0 atom stereocenters. The molecule has 1 heterocycles. The molecule has 0 bridgehead atoms. The zero-order valence-corrected chi connectivity index (χ0v) is 11.7. The van der Waals surface area contributed by atoms with Crippen molar-refractivity contribution in [3.63, 3.8) is 0 Å². The zero-order valence-electron chi connectivity index (χ0n) is 11.7. The molecule has 22 heavy (non-hydrogen) atoms. The van der Waals surface area contributed by atoms with Gasteiger partial charge in [0.25, 0.3) is 0 Å². The van der Waals surface area contributed by atoms with Crippen molar-refractivity contribution in [3.8, 4) is 16.9 Å². The summed E-state index contributed by atoms with van der Waals surface area (Å²) < 4.78 is 11.0. The van der Waals surface area contributed by atoms with Gasteiger partial charge in [-0.1, -0.05) is 48.5 Å². The minimum Gasteiger partial charge on any atom is -0.535 e. The van der Waals surface area contributed by atoms with Gasteiger partial charge in [-0.05, 0) is 29.3 Å². The van der Waals surface area contributed by atoms with Crippen molar-refractivity contribution in [1.29, 1.82) is 0 Å². The summed E-state index contributed by atoms with van der Waals surface area (Å²) in [6.45, 7) is 0. The van der Waals surface area contributed by atoms with Gasteiger partial charge < -0.3 is 14.1 Å². The zero-order chi connectivity index (χ0) is 14.9. The molecule has 0 aliphatic rings. The molecule has 3 nitrogen and oxygen atoms in total. The maximum absolute atomic E-state index is 8.86. The Bertz CT molecular complexity index is 945. The summed E-state index contributed by atoms with van der Waals surface area (Å²) in [4.78, 5) is 0. The largest absolute Gasteiger partial charge is 0.569 e. The summed E-state index contributed by atoms with van der Waals surface area (Å²) in [5.41, 5.74) is 3.72. The van der Waals surface area contributed by atoms with Gasteiger partial charge in [-0.15, -0.1) is 0 Å². The standard InChI is InChI=1S/C18H12BO3/c20-19-22-17-8-4-7-14-15-11-13(12-5-2-1-3-6-12)9-10-16(15)21-18(14)17/h1-11,20H. The molecule has 0 saturated heterocycles. The number of rotatable bonds is 3. The predicted molar refractivity (Wildman–Crippen MR) is 87.8 cm³/mol. The average Bonchev–Trinajstić information content (AvgIpc) is 2.95. The number of hydrogen-bond donors (Lipinski definition) is 1. The highest BCUT2D eigenvalue weighted by molar-refractivity contribution is 6.18. The predicted octanol–water partition coefficient (Wildman–Crippen LogP) is 4.16. The van der Waals surface area contributed by atoms with Crippen LogP contribution >= 0.6 is 0 Å². The quantitative estimate of drug-likeness (QED) is 0.575. The molecule has 105 valence electrons. The van der Waals surface area contributed by atoms with Gasteiger partial charge >= 0.3 is 7.69 Å². The van der Waals surface area contributed by atoms with Gasteiger partial charge in [0, 0.05) is 10.8 Å². The second-order valence-corrected chi connectivity index (χ2v) is 5.04. The lowest BCUT2D eigenvalue weighted by Crippen LogP contribution is -1.99. The van der Waals surface area contributed by atoms with Crippen molar-refractivity contribution in [3.05, 3.63) is 66.7 Å². The van der Waals surface area contributed by atoms with E-state index in [1.54, 1.807) is 6.07 Å². The van der Waals surface area contributed by atoms with Gasteiger partial charge in [0.1, 0.15) is 11.3 Å². The molecule has 1 N–H and O–H groups in total. The van der Waals surface area contributed by atoms with E-state index in [1.165, 1.54) is 0 Å². The van der Waals surface area contributed by atoms with Crippen LogP contribution in [-0.2, 0) is 0 Å². The van der Waals surface area contributed by atoms with Crippen LogP contribution in [0.3, 0.4) is 0 Å². The molecule has 4 heteroatoms. The molecule has 1 aromatic heterocycles. The summed E-state index contributed by atoms with van der Waals surface area (Å²) in [5.74, 6) is 0.498. The fraction of sp³-hybridized carbons (Fsp3) is 0. The van der Waals surface area contributed by atoms with Crippen molar-refractivity contribution >= 4 is 29.6 Å². The van der Waals surface area contributed by atoms with Crippen LogP contribution < -0.4 is 4.65 Å². The van der Waals surface area contributed by atoms with Crippen LogP contribution in [0, 0.1) is 0 Å². The summed E-state index contributed by atoms with van der Waals surface area (Å²) in [5, 5.41) is 10.9. The second kappa shape index (κ2) is 5.24. The maximum atomic E-state index is 8.86. The molecule has 0 fully saturated rings. The maximum Gasteiger partial charge on any atom is 0.569 e. The fourth-order valence-electron chi connectivity index (χ4n) is 2.73. The smallest absolute Gasteiger partial charge is 0.535 e. The van der Waals surface area contributed by atoms with Crippen LogP contribution in [0.1, 0.15) is 0 Å². The van der Waals surface area contributed by atoms with E-state index in [2.05, 4.69) is 18.2 Å². The third-order valence-corrected chi connectivity index (χ3v) is 3.75. The Hall–Kier alpha value is -2.72. The van der Waals surface area contributed by atoms with Crippen LogP contribution in [-0.4, -0.2) is 12.7 Å². The van der Waals surface area contributed by atoms with Gasteiger partial charge in [-0.2, -0.15) is 0 Å². The molecule has 3 aromatic carbocycles. The lowest BCUT2D eigenvalue weighted by molar-refractivity contribution is 0.451. The van der Waals surface area contributed by atoms with Gasteiger partial charge in [0.05, 0.1) is 0 Å². The SMILES string of the molecule is O[B]Oc1cccc2c1oc1ccc(-c3ccccc3)cc12. The first-order valence-electron chi connectivity index (χ1n) is 7.00. The fourth-order valence-corrected chi connectivity index (χ4v) is 2.73. The summed E-state index contributed by atoms with van der Waals surface area (Å²) in [6.07, 6.45) is 0. The van der Waals surface area contributed by atoms with Crippen LogP contribution in [0.2, 0.25) is 0 Å². The number of furan rings is 1. The van der Waals surface area contributed by atoms with Crippen LogP contribution in [0.5, 0.6) is 5.75 Å². The molecule has 0 saturated carbocycles. The van der Waals surface area contributed by atoms with Gasteiger partial charge in [-0.25, -0.2) is 0 Å². The van der Waals surface area contributed by atoms with E-state index in [-0.39, 0.29) is 0 Å². The third kappa shape index (κ3) is 2.05. The molecule has 0 aliphatic heterocycles. The highest BCUT2D eigenvalue weighted by Crippen LogP contribution is 2.36. The average molecular weight is 287 g/mol. The molecule has 0 spiro atoms.